The molecular formula is C33H37Cl2F2N2O8S+. The molecule has 10 nitrogen and oxygen atoms in total. The molecule has 2 fully saturated rings. The van der Waals surface area contributed by atoms with Gasteiger partial charge in [0.2, 0.25) is 0 Å². The number of halogens is 4. The van der Waals surface area contributed by atoms with Crippen molar-refractivity contribution in [3.05, 3.63) is 75.5 Å². The topological polar surface area (TPSA) is 115 Å². The molecule has 1 atom stereocenters. The summed E-state index contributed by atoms with van der Waals surface area (Å²) in [7, 11) is -0.464. The molecule has 260 valence electrons. The van der Waals surface area contributed by atoms with Gasteiger partial charge in [0, 0.05) is 18.5 Å². The van der Waals surface area contributed by atoms with E-state index in [1.807, 2.05) is 0 Å². The molecule has 3 aromatic rings. The van der Waals surface area contributed by atoms with Crippen molar-refractivity contribution in [1.29, 1.82) is 0 Å². The minimum absolute atomic E-state index is 0.0194. The molecule has 48 heavy (non-hydrogen) atoms. The van der Waals surface area contributed by atoms with E-state index in [9.17, 15) is 22.0 Å². The van der Waals surface area contributed by atoms with Crippen LogP contribution >= 0.6 is 23.2 Å². The number of pyridine rings is 1. The van der Waals surface area contributed by atoms with E-state index >= 15 is 0 Å². The van der Waals surface area contributed by atoms with Crippen molar-refractivity contribution in [3.8, 4) is 23.0 Å². The Hall–Kier alpha value is -3.39. The number of hydrogen-bond donors (Lipinski definition) is 0. The summed E-state index contributed by atoms with van der Waals surface area (Å²) in [6, 6.07) is 8.42. The minimum Gasteiger partial charge on any atom is -0.489 e. The van der Waals surface area contributed by atoms with Crippen LogP contribution in [-0.2, 0) is 21.3 Å². The lowest BCUT2D eigenvalue weighted by atomic mass is 10.0. The summed E-state index contributed by atoms with van der Waals surface area (Å²) in [6.07, 6.45) is 5.98. The van der Waals surface area contributed by atoms with Crippen LogP contribution in [0.1, 0.15) is 53.3 Å². The Morgan fingerprint density at radius 2 is 1.52 bits per heavy atom. The molecule has 5 rings (SSSR count). The van der Waals surface area contributed by atoms with Gasteiger partial charge < -0.3 is 28.0 Å². The normalized spacial score (nSPS) is 15.3. The summed E-state index contributed by atoms with van der Waals surface area (Å²) in [4.78, 5) is 18.3. The van der Waals surface area contributed by atoms with Gasteiger partial charge in [-0.05, 0) is 87.5 Å². The third-order valence-electron chi connectivity index (χ3n) is 7.72. The Balaban J connectivity index is 1.44. The van der Waals surface area contributed by atoms with Crippen molar-refractivity contribution < 1.29 is 50.1 Å². The van der Waals surface area contributed by atoms with Crippen LogP contribution in [0.4, 0.5) is 8.78 Å². The van der Waals surface area contributed by atoms with Gasteiger partial charge in [-0.25, -0.2) is 9.78 Å². The Morgan fingerprint density at radius 3 is 2.10 bits per heavy atom. The molecular weight excluding hydrogens is 693 g/mol. The Bertz CT molecular complexity index is 1680. The van der Waals surface area contributed by atoms with Crippen LogP contribution in [-0.4, -0.2) is 65.5 Å². The average molecular weight is 731 g/mol. The number of carbonyl (C=O) groups excluding carboxylic acids is 1. The van der Waals surface area contributed by atoms with Crippen molar-refractivity contribution in [3.63, 3.8) is 0 Å². The summed E-state index contributed by atoms with van der Waals surface area (Å²) >= 11 is 12.9. The van der Waals surface area contributed by atoms with Gasteiger partial charge in [-0.1, -0.05) is 29.3 Å². The number of aromatic nitrogens is 1. The summed E-state index contributed by atoms with van der Waals surface area (Å²) in [6.45, 7) is -2.17. The standard InChI is InChI=1S/C33H36Cl2F2N2O8S/c1-39(2)11-12-48(41,42)47-28-10-8-23(14-31(28)44-19-21-5-6-21)32(40)45-29(15-24-25(34)16-38-17-26(24)35)22-7-9-27(46-33(36)37)30(13-22)43-18-20-3-4-20/h7-10,13-14,16-17,20-21,29,33H,3-6,11-12,15,18-19H2,1-2H3/p+1/t29-/m0/s1. The third-order valence-corrected chi connectivity index (χ3v) is 9.51. The predicted octanol–water partition coefficient (Wildman–Crippen LogP) is 6.40. The number of H-pyrrole nitrogens is 1. The van der Waals surface area contributed by atoms with Crippen molar-refractivity contribution >= 4 is 39.3 Å². The van der Waals surface area contributed by atoms with Crippen molar-refractivity contribution in [2.24, 2.45) is 11.8 Å². The van der Waals surface area contributed by atoms with Gasteiger partial charge in [0.1, 0.15) is 16.1 Å². The lowest BCUT2D eigenvalue weighted by Crippen LogP contribution is -2.25. The molecule has 0 saturated heterocycles. The van der Waals surface area contributed by atoms with Gasteiger partial charge in [0.05, 0.1) is 24.5 Å². The second kappa shape index (κ2) is 15.9. The van der Waals surface area contributed by atoms with Gasteiger partial charge in [-0.3, -0.25) is 0 Å². The fourth-order valence-corrected chi connectivity index (χ4v) is 6.20. The number of rotatable bonds is 18. The Labute approximate surface area is 288 Å². The quantitative estimate of drug-likeness (QED) is 0.108. The lowest BCUT2D eigenvalue weighted by molar-refractivity contribution is -0.377. The van der Waals surface area contributed by atoms with E-state index in [0.29, 0.717) is 46.2 Å². The highest BCUT2D eigenvalue weighted by atomic mass is 35.5. The largest absolute Gasteiger partial charge is 0.489 e. The van der Waals surface area contributed by atoms with E-state index in [4.69, 9.17) is 41.6 Å². The van der Waals surface area contributed by atoms with Gasteiger partial charge in [-0.2, -0.15) is 17.2 Å². The van der Waals surface area contributed by atoms with E-state index in [0.717, 1.165) is 25.7 Å². The fourth-order valence-electron chi connectivity index (χ4n) is 4.59. The first-order chi connectivity index (χ1) is 22.9. The van der Waals surface area contributed by atoms with Crippen molar-refractivity contribution in [2.75, 3.05) is 39.6 Å². The zero-order valence-electron chi connectivity index (χ0n) is 26.4. The number of hydrogen-bond acceptors (Lipinski definition) is 9. The third kappa shape index (κ3) is 10.6. The van der Waals surface area contributed by atoms with Crippen LogP contribution in [0.15, 0.2) is 48.8 Å². The number of aromatic amines is 1. The number of ether oxygens (including phenoxy) is 4. The van der Waals surface area contributed by atoms with E-state index in [1.165, 1.54) is 48.8 Å². The van der Waals surface area contributed by atoms with E-state index < -0.39 is 28.8 Å². The summed E-state index contributed by atoms with van der Waals surface area (Å²) in [5.41, 5.74) is 0.946. The molecule has 0 amide bonds. The van der Waals surface area contributed by atoms with Gasteiger partial charge in [0.15, 0.2) is 35.4 Å². The van der Waals surface area contributed by atoms with Crippen LogP contribution in [0, 0.1) is 11.8 Å². The minimum atomic E-state index is -3.96. The zero-order chi connectivity index (χ0) is 34.4. The number of nitrogens with zero attached hydrogens (tertiary/aromatic N) is 1. The lowest BCUT2D eigenvalue weighted by Gasteiger charge is -2.21. The summed E-state index contributed by atoms with van der Waals surface area (Å²) < 4.78 is 79.6. The van der Waals surface area contributed by atoms with E-state index in [-0.39, 0.29) is 47.3 Å². The highest BCUT2D eigenvalue weighted by Crippen LogP contribution is 2.39. The van der Waals surface area contributed by atoms with E-state index in [1.54, 1.807) is 19.0 Å². The molecule has 0 radical (unpaired) electrons. The van der Waals surface area contributed by atoms with Crippen LogP contribution in [0.25, 0.3) is 0 Å². The predicted molar refractivity (Wildman–Crippen MR) is 174 cm³/mol. The molecule has 1 N–H and O–H groups in total. The molecule has 1 heterocycles. The molecule has 2 aliphatic rings. The zero-order valence-corrected chi connectivity index (χ0v) is 28.8. The van der Waals surface area contributed by atoms with E-state index in [2.05, 4.69) is 9.72 Å². The molecule has 0 spiro atoms. The first-order valence-corrected chi connectivity index (χ1v) is 17.8. The Kier molecular flexibility index (Phi) is 11.9. The smallest absolute Gasteiger partial charge is 0.387 e. The SMILES string of the molecule is CN(C)CCS(=O)(=O)Oc1ccc(C(=O)O[C@@H](Cc2c(Cl)c[nH+]cc2Cl)c2ccc(OC(F)F)c(OCC3CC3)c2)cc1OCC1CC1. The van der Waals surface area contributed by atoms with Crippen LogP contribution in [0.2, 0.25) is 10.0 Å². The number of alkyl halides is 2. The first-order valence-electron chi connectivity index (χ1n) is 15.5. The molecule has 2 aromatic carbocycles. The first kappa shape index (κ1) is 35.9. The molecule has 15 heteroatoms. The van der Waals surface area contributed by atoms with Gasteiger partial charge >= 0.3 is 22.7 Å². The fraction of sp³-hybridized carbons (Fsp3) is 0.455. The van der Waals surface area contributed by atoms with Crippen LogP contribution in [0.3, 0.4) is 0 Å². The second-order valence-electron chi connectivity index (χ2n) is 12.1. The molecule has 1 aromatic heterocycles. The molecule has 2 aliphatic carbocycles. The maximum atomic E-state index is 13.7. The van der Waals surface area contributed by atoms with Gasteiger partial charge in [0.25, 0.3) is 0 Å². The highest BCUT2D eigenvalue weighted by molar-refractivity contribution is 7.87. The molecule has 0 aliphatic heterocycles. The second-order valence-corrected chi connectivity index (χ2v) is 14.6. The number of esters is 1. The molecule has 0 bridgehead atoms. The molecule has 2 saturated carbocycles. The Morgan fingerprint density at radius 1 is 0.917 bits per heavy atom. The average Bonchev–Trinajstić information content (AvgIpc) is 3.96. The maximum absolute atomic E-state index is 13.7. The monoisotopic (exact) mass is 729 g/mol. The molecule has 0 unspecified atom stereocenters. The van der Waals surface area contributed by atoms with Crippen molar-refractivity contribution in [2.45, 2.75) is 44.8 Å². The number of nitrogens with one attached hydrogen (secondary N) is 1. The maximum Gasteiger partial charge on any atom is 0.387 e. The highest BCUT2D eigenvalue weighted by Gasteiger charge is 2.28. The summed E-state index contributed by atoms with van der Waals surface area (Å²) in [5.74, 6) is -0.417. The van der Waals surface area contributed by atoms with Crippen LogP contribution in [0.5, 0.6) is 23.0 Å². The van der Waals surface area contributed by atoms with Gasteiger partial charge in [-0.15, -0.1) is 0 Å². The van der Waals surface area contributed by atoms with Crippen molar-refractivity contribution in [1.82, 2.24) is 4.90 Å². The number of benzene rings is 2. The summed E-state index contributed by atoms with van der Waals surface area (Å²) in [5, 5.41) is 0.582. The number of carbonyl (C=O) groups is 1. The van der Waals surface area contributed by atoms with Crippen LogP contribution < -0.4 is 23.4 Å².